The molecule has 3 N–H and O–H groups in total. The number of nitrogens with two attached hydrogens (primary N) is 1. The first-order valence-electron chi connectivity index (χ1n) is 12.4. The van der Waals surface area contributed by atoms with Crippen molar-refractivity contribution in [1.29, 1.82) is 0 Å². The van der Waals surface area contributed by atoms with Crippen LogP contribution in [0.3, 0.4) is 0 Å². The van der Waals surface area contributed by atoms with E-state index in [9.17, 15) is 14.0 Å². The Morgan fingerprint density at radius 3 is 2.76 bits per heavy atom. The van der Waals surface area contributed by atoms with E-state index in [1.54, 1.807) is 11.0 Å². The fourth-order valence-corrected chi connectivity index (χ4v) is 4.81. The lowest BCUT2D eigenvalue weighted by atomic mass is 10.1. The number of anilines is 1. The van der Waals surface area contributed by atoms with Crippen molar-refractivity contribution in [2.75, 3.05) is 18.8 Å². The Hall–Kier alpha value is -4.60. The smallest absolute Gasteiger partial charge is 0.254 e. The molecule has 2 aromatic carbocycles. The van der Waals surface area contributed by atoms with Gasteiger partial charge in [0.15, 0.2) is 5.65 Å². The number of aryl methyl sites for hydroxylation is 1. The lowest BCUT2D eigenvalue weighted by Gasteiger charge is -2.32. The number of aromatic nitrogens is 4. The monoisotopic (exact) mass is 513 g/mol. The molecule has 2 amide bonds. The highest BCUT2D eigenvalue weighted by Crippen LogP contribution is 2.33. The van der Waals surface area contributed by atoms with Gasteiger partial charge < -0.3 is 16.0 Å². The summed E-state index contributed by atoms with van der Waals surface area (Å²) in [5.41, 5.74) is 10.00. The molecular formula is C28H28FN7O2. The van der Waals surface area contributed by atoms with Gasteiger partial charge in [0.25, 0.3) is 5.91 Å². The Bertz CT molecular complexity index is 1530. The Kier molecular flexibility index (Phi) is 6.87. The highest BCUT2D eigenvalue weighted by atomic mass is 19.1. The van der Waals surface area contributed by atoms with Gasteiger partial charge in [-0.05, 0) is 43.5 Å². The largest absolute Gasteiger partial charge is 0.383 e. The van der Waals surface area contributed by atoms with E-state index in [1.165, 1.54) is 24.5 Å². The molecule has 10 heteroatoms. The third-order valence-electron chi connectivity index (χ3n) is 6.79. The molecule has 1 aliphatic heterocycles. The maximum absolute atomic E-state index is 14.0. The number of carbonyl (C=O) groups excluding carboxylic acids is 2. The second-order valence-electron chi connectivity index (χ2n) is 9.40. The summed E-state index contributed by atoms with van der Waals surface area (Å²) in [5.74, 6) is -0.807. The molecule has 4 aromatic rings. The van der Waals surface area contributed by atoms with Crippen molar-refractivity contribution in [2.45, 2.75) is 32.4 Å². The number of halogens is 1. The summed E-state index contributed by atoms with van der Waals surface area (Å²) in [5, 5.41) is 8.30. The SMILES string of the molecule is C=CC(=O)N1CCC[C@@H](n2nc(-c3ccc(CNC(=O)c4cc(C)ccc4F)cc3)c3c(N)ncnc32)C1. The van der Waals surface area contributed by atoms with E-state index in [0.29, 0.717) is 35.6 Å². The zero-order valence-corrected chi connectivity index (χ0v) is 21.0. The van der Waals surface area contributed by atoms with Crippen LogP contribution in [0.1, 0.15) is 40.4 Å². The van der Waals surface area contributed by atoms with Crippen LogP contribution in [0.5, 0.6) is 0 Å². The van der Waals surface area contributed by atoms with E-state index < -0.39 is 11.7 Å². The minimum atomic E-state index is -0.555. The van der Waals surface area contributed by atoms with Crippen molar-refractivity contribution >= 4 is 28.7 Å². The highest BCUT2D eigenvalue weighted by Gasteiger charge is 2.28. The number of nitrogens with zero attached hydrogens (tertiary/aromatic N) is 5. The molecule has 0 unspecified atom stereocenters. The van der Waals surface area contributed by atoms with Crippen molar-refractivity contribution in [2.24, 2.45) is 0 Å². The quantitative estimate of drug-likeness (QED) is 0.379. The summed E-state index contributed by atoms with van der Waals surface area (Å²) in [6.07, 6.45) is 4.43. The summed E-state index contributed by atoms with van der Waals surface area (Å²) in [6, 6.07) is 11.9. The van der Waals surface area contributed by atoms with Gasteiger partial charge in [0, 0.05) is 25.2 Å². The molecule has 9 nitrogen and oxygen atoms in total. The van der Waals surface area contributed by atoms with Crippen molar-refractivity contribution < 1.29 is 14.0 Å². The third kappa shape index (κ3) is 4.84. The molecule has 1 fully saturated rings. The number of rotatable bonds is 6. The topological polar surface area (TPSA) is 119 Å². The maximum atomic E-state index is 14.0. The van der Waals surface area contributed by atoms with Crippen LogP contribution in [0.2, 0.25) is 0 Å². The number of nitrogens with one attached hydrogen (secondary N) is 1. The Balaban J connectivity index is 1.39. The number of amides is 2. The summed E-state index contributed by atoms with van der Waals surface area (Å²) >= 11 is 0. The van der Waals surface area contributed by atoms with E-state index in [-0.39, 0.29) is 24.1 Å². The number of likely N-dealkylation sites (tertiary alicyclic amines) is 1. The fourth-order valence-electron chi connectivity index (χ4n) is 4.81. The van der Waals surface area contributed by atoms with Crippen molar-refractivity contribution in [3.63, 3.8) is 0 Å². The van der Waals surface area contributed by atoms with Gasteiger partial charge >= 0.3 is 0 Å². The van der Waals surface area contributed by atoms with Crippen molar-refractivity contribution in [3.8, 4) is 11.3 Å². The molecule has 3 heterocycles. The number of benzene rings is 2. The van der Waals surface area contributed by atoms with Crippen LogP contribution in [0.4, 0.5) is 10.2 Å². The Morgan fingerprint density at radius 1 is 1.21 bits per heavy atom. The zero-order chi connectivity index (χ0) is 26.8. The van der Waals surface area contributed by atoms with E-state index in [1.807, 2.05) is 35.9 Å². The van der Waals surface area contributed by atoms with Gasteiger partial charge in [-0.2, -0.15) is 5.10 Å². The normalized spacial score (nSPS) is 15.4. The zero-order valence-electron chi connectivity index (χ0n) is 21.0. The minimum Gasteiger partial charge on any atom is -0.383 e. The molecular weight excluding hydrogens is 485 g/mol. The van der Waals surface area contributed by atoms with E-state index in [2.05, 4.69) is 21.9 Å². The first-order valence-corrected chi connectivity index (χ1v) is 12.4. The number of nitrogen functional groups attached to an aromatic ring is 1. The summed E-state index contributed by atoms with van der Waals surface area (Å²) in [6.45, 7) is 6.83. The fraction of sp³-hybridized carbons (Fsp3) is 0.250. The molecule has 0 spiro atoms. The molecule has 5 rings (SSSR count). The van der Waals surface area contributed by atoms with Gasteiger partial charge in [-0.3, -0.25) is 9.59 Å². The second kappa shape index (κ2) is 10.4. The molecule has 0 radical (unpaired) electrons. The Morgan fingerprint density at radius 2 is 2.00 bits per heavy atom. The van der Waals surface area contributed by atoms with Crippen LogP contribution in [0, 0.1) is 12.7 Å². The number of hydrogen-bond acceptors (Lipinski definition) is 6. The van der Waals surface area contributed by atoms with Gasteiger partial charge in [0.2, 0.25) is 5.91 Å². The lowest BCUT2D eigenvalue weighted by molar-refractivity contribution is -0.127. The molecule has 0 bridgehead atoms. The van der Waals surface area contributed by atoms with E-state index >= 15 is 0 Å². The molecule has 2 aromatic heterocycles. The Labute approximate surface area is 219 Å². The van der Waals surface area contributed by atoms with Crippen LogP contribution >= 0.6 is 0 Å². The number of carbonyl (C=O) groups is 2. The summed E-state index contributed by atoms with van der Waals surface area (Å²) in [7, 11) is 0. The molecule has 0 saturated carbocycles. The van der Waals surface area contributed by atoms with Crippen LogP contribution in [-0.4, -0.2) is 49.6 Å². The standard InChI is InChI=1S/C28H28FN7O2/c1-3-23(37)35-12-4-5-20(15-35)36-27-24(26(30)32-16-33-27)25(34-36)19-9-7-18(8-10-19)14-31-28(38)21-13-17(2)6-11-22(21)29/h3,6-11,13,16,20H,1,4-5,12,14-15H2,2H3,(H,31,38)(H2,30,32,33)/t20-/m1/s1. The van der Waals surface area contributed by atoms with Gasteiger partial charge in [-0.1, -0.05) is 42.5 Å². The van der Waals surface area contributed by atoms with Crippen molar-refractivity contribution in [3.05, 3.63) is 84.0 Å². The van der Waals surface area contributed by atoms with Gasteiger partial charge in [-0.25, -0.2) is 19.0 Å². The molecule has 0 aliphatic carbocycles. The number of hydrogen-bond donors (Lipinski definition) is 2. The number of fused-ring (bicyclic) bond motifs is 1. The predicted octanol–water partition coefficient (Wildman–Crippen LogP) is 3.80. The van der Waals surface area contributed by atoms with E-state index in [4.69, 9.17) is 10.8 Å². The van der Waals surface area contributed by atoms with Crippen LogP contribution in [0.25, 0.3) is 22.3 Å². The van der Waals surface area contributed by atoms with Crippen LogP contribution in [-0.2, 0) is 11.3 Å². The van der Waals surface area contributed by atoms with Gasteiger partial charge in [0.05, 0.1) is 17.0 Å². The van der Waals surface area contributed by atoms with Crippen molar-refractivity contribution in [1.82, 2.24) is 30.0 Å². The molecule has 38 heavy (non-hydrogen) atoms. The molecule has 1 aliphatic rings. The predicted molar refractivity (Wildman–Crippen MR) is 143 cm³/mol. The third-order valence-corrected chi connectivity index (χ3v) is 6.79. The van der Waals surface area contributed by atoms with Gasteiger partial charge in [0.1, 0.15) is 23.7 Å². The number of piperidine rings is 1. The summed E-state index contributed by atoms with van der Waals surface area (Å²) in [4.78, 5) is 35.1. The van der Waals surface area contributed by atoms with E-state index in [0.717, 1.165) is 29.5 Å². The summed E-state index contributed by atoms with van der Waals surface area (Å²) < 4.78 is 15.9. The average molecular weight is 514 g/mol. The van der Waals surface area contributed by atoms with Crippen LogP contribution in [0.15, 0.2) is 61.4 Å². The maximum Gasteiger partial charge on any atom is 0.254 e. The average Bonchev–Trinajstić information content (AvgIpc) is 3.34. The second-order valence-corrected chi connectivity index (χ2v) is 9.40. The lowest BCUT2D eigenvalue weighted by Crippen LogP contribution is -2.40. The minimum absolute atomic E-state index is 0.0187. The highest BCUT2D eigenvalue weighted by molar-refractivity contribution is 5.98. The molecule has 1 saturated heterocycles. The van der Waals surface area contributed by atoms with Gasteiger partial charge in [-0.15, -0.1) is 0 Å². The first kappa shape index (κ1) is 25.1. The van der Waals surface area contributed by atoms with Crippen LogP contribution < -0.4 is 11.1 Å². The molecule has 194 valence electrons. The first-order chi connectivity index (χ1) is 18.4. The molecule has 1 atom stereocenters.